The molecule has 0 spiro atoms. The Morgan fingerprint density at radius 2 is 1.97 bits per heavy atom. The van der Waals surface area contributed by atoms with Gasteiger partial charge in [-0.15, -0.1) is 0 Å². The van der Waals surface area contributed by atoms with Gasteiger partial charge >= 0.3 is 6.03 Å². The number of fused-ring (bicyclic) bond motifs is 1. The number of benzene rings is 1. The zero-order chi connectivity index (χ0) is 20.7. The monoisotopic (exact) mass is 408 g/mol. The maximum atomic E-state index is 13.1. The van der Waals surface area contributed by atoms with Crippen molar-refractivity contribution in [3.63, 3.8) is 0 Å². The van der Waals surface area contributed by atoms with E-state index in [9.17, 15) is 14.0 Å². The van der Waals surface area contributed by atoms with E-state index in [-0.39, 0.29) is 11.5 Å². The van der Waals surface area contributed by atoms with E-state index in [0.717, 1.165) is 18.4 Å². The summed E-state index contributed by atoms with van der Waals surface area (Å²) in [4.78, 5) is 32.2. The molecular formula is C19H17FN8O2. The van der Waals surface area contributed by atoms with E-state index in [0.29, 0.717) is 35.7 Å². The van der Waals surface area contributed by atoms with Gasteiger partial charge in [-0.2, -0.15) is 19.6 Å². The minimum Gasteiger partial charge on any atom is -0.351 e. The summed E-state index contributed by atoms with van der Waals surface area (Å²) in [5.74, 6) is 0.0652. The number of anilines is 2. The quantitative estimate of drug-likeness (QED) is 0.361. The number of imide groups is 1. The van der Waals surface area contributed by atoms with E-state index in [1.54, 1.807) is 22.8 Å². The topological polar surface area (TPSA) is 125 Å². The first-order valence-electron chi connectivity index (χ1n) is 9.40. The summed E-state index contributed by atoms with van der Waals surface area (Å²) >= 11 is 0. The van der Waals surface area contributed by atoms with Crippen LogP contribution in [0.2, 0.25) is 0 Å². The van der Waals surface area contributed by atoms with E-state index in [1.165, 1.54) is 18.2 Å². The lowest BCUT2D eigenvalue weighted by molar-refractivity contribution is -0.115. The van der Waals surface area contributed by atoms with Crippen molar-refractivity contribution >= 4 is 35.6 Å². The molecule has 1 aliphatic heterocycles. The molecule has 0 bridgehead atoms. The first-order valence-corrected chi connectivity index (χ1v) is 9.40. The number of hydrogen-bond acceptors (Lipinski definition) is 7. The molecule has 2 fully saturated rings. The van der Waals surface area contributed by atoms with Gasteiger partial charge in [0.25, 0.3) is 5.91 Å². The van der Waals surface area contributed by atoms with Gasteiger partial charge in [-0.25, -0.2) is 9.18 Å². The molecule has 10 nitrogen and oxygen atoms in total. The number of nitrogens with zero attached hydrogens (tertiary/aromatic N) is 4. The van der Waals surface area contributed by atoms with Crippen molar-refractivity contribution in [2.75, 3.05) is 10.6 Å². The summed E-state index contributed by atoms with van der Waals surface area (Å²) in [5, 5.41) is 15.4. The average Bonchev–Trinajstić information content (AvgIpc) is 3.36. The summed E-state index contributed by atoms with van der Waals surface area (Å²) in [7, 11) is 0. The van der Waals surface area contributed by atoms with Gasteiger partial charge in [0, 0.05) is 18.2 Å². The Labute approximate surface area is 169 Å². The number of carbonyl (C=O) groups excluding carboxylic acids is 2. The normalized spacial score (nSPS) is 17.3. The molecule has 5 rings (SSSR count). The number of aromatic nitrogens is 4. The lowest BCUT2D eigenvalue weighted by atomic mass is 10.2. The number of nitrogens with one attached hydrogen (secondary N) is 4. The third kappa shape index (κ3) is 3.64. The van der Waals surface area contributed by atoms with Crippen LogP contribution in [0.1, 0.15) is 24.0 Å². The molecular weight excluding hydrogens is 391 g/mol. The molecule has 1 aliphatic carbocycles. The third-order valence-corrected chi connectivity index (χ3v) is 4.69. The molecule has 0 atom stereocenters. The van der Waals surface area contributed by atoms with Crippen LogP contribution in [0.4, 0.5) is 21.1 Å². The number of amides is 3. The van der Waals surface area contributed by atoms with E-state index >= 15 is 0 Å². The molecule has 0 radical (unpaired) electrons. The summed E-state index contributed by atoms with van der Waals surface area (Å²) in [6, 6.07) is 5.90. The highest BCUT2D eigenvalue weighted by Gasteiger charge is 2.25. The van der Waals surface area contributed by atoms with E-state index in [1.807, 2.05) is 0 Å². The Kier molecular flexibility index (Phi) is 4.27. The molecule has 2 aliphatic rings. The summed E-state index contributed by atoms with van der Waals surface area (Å²) in [6.45, 7) is 0.405. The van der Waals surface area contributed by atoms with E-state index in [2.05, 4.69) is 36.3 Å². The van der Waals surface area contributed by atoms with Crippen LogP contribution in [0, 0.1) is 5.82 Å². The van der Waals surface area contributed by atoms with Gasteiger partial charge in [-0.1, -0.05) is 12.1 Å². The molecule has 1 saturated heterocycles. The zero-order valence-corrected chi connectivity index (χ0v) is 15.6. The number of hydrogen-bond donors (Lipinski definition) is 4. The van der Waals surface area contributed by atoms with Crippen molar-refractivity contribution in [1.29, 1.82) is 0 Å². The Morgan fingerprint density at radius 3 is 2.67 bits per heavy atom. The average molecular weight is 408 g/mol. The first kappa shape index (κ1) is 18.0. The van der Waals surface area contributed by atoms with Gasteiger partial charge in [-0.3, -0.25) is 10.1 Å². The van der Waals surface area contributed by atoms with Gasteiger partial charge in [0.15, 0.2) is 5.65 Å². The van der Waals surface area contributed by atoms with E-state index in [4.69, 9.17) is 0 Å². The minimum absolute atomic E-state index is 0.117. The largest absolute Gasteiger partial charge is 0.351 e. The molecule has 30 heavy (non-hydrogen) atoms. The van der Waals surface area contributed by atoms with Crippen molar-refractivity contribution in [2.45, 2.75) is 25.4 Å². The smallest absolute Gasteiger partial charge is 0.326 e. The number of halogens is 1. The summed E-state index contributed by atoms with van der Waals surface area (Å²) in [5.41, 5.74) is 2.01. The van der Waals surface area contributed by atoms with Crippen molar-refractivity contribution in [2.24, 2.45) is 0 Å². The highest BCUT2D eigenvalue weighted by molar-refractivity contribution is 6.14. The Balaban J connectivity index is 1.49. The predicted molar refractivity (Wildman–Crippen MR) is 106 cm³/mol. The molecule has 3 heterocycles. The molecule has 4 N–H and O–H groups in total. The molecule has 1 aromatic carbocycles. The molecule has 11 heteroatoms. The summed E-state index contributed by atoms with van der Waals surface area (Å²) < 4.78 is 14.7. The van der Waals surface area contributed by atoms with Crippen LogP contribution >= 0.6 is 0 Å². The predicted octanol–water partition coefficient (Wildman–Crippen LogP) is 1.63. The lowest BCUT2D eigenvalue weighted by Gasteiger charge is -2.10. The highest BCUT2D eigenvalue weighted by Crippen LogP contribution is 2.25. The van der Waals surface area contributed by atoms with Crippen molar-refractivity contribution in [3.8, 4) is 0 Å². The second kappa shape index (κ2) is 7.10. The fourth-order valence-electron chi connectivity index (χ4n) is 3.00. The lowest BCUT2D eigenvalue weighted by Crippen LogP contribution is -2.22. The Bertz CT molecular complexity index is 1180. The maximum Gasteiger partial charge on any atom is 0.326 e. The summed E-state index contributed by atoms with van der Waals surface area (Å²) in [6.07, 6.45) is 5.17. The molecule has 3 aromatic rings. The van der Waals surface area contributed by atoms with Gasteiger partial charge in [0.2, 0.25) is 11.9 Å². The van der Waals surface area contributed by atoms with Crippen molar-refractivity contribution < 1.29 is 14.0 Å². The van der Waals surface area contributed by atoms with Crippen LogP contribution in [0.3, 0.4) is 0 Å². The standard InChI is InChI=1S/C19H17FN8O2/c20-12-3-1-10(2-4-12)8-21-17-25-15-11(7-14-16(29)26-19(30)24-14)9-22-28(15)18(27-17)23-13-5-6-13/h1-4,7,9,13H,5-6,8H2,(H2,21,23,25,27)(H2,24,26,29,30)/b14-7-. The van der Waals surface area contributed by atoms with Crippen LogP contribution in [-0.4, -0.2) is 37.6 Å². The zero-order valence-electron chi connectivity index (χ0n) is 15.6. The van der Waals surface area contributed by atoms with Crippen molar-refractivity contribution in [3.05, 3.63) is 53.1 Å². The molecule has 1 saturated carbocycles. The molecule has 152 valence electrons. The van der Waals surface area contributed by atoms with Crippen LogP contribution in [0.15, 0.2) is 36.2 Å². The second-order valence-corrected chi connectivity index (χ2v) is 7.07. The van der Waals surface area contributed by atoms with Gasteiger partial charge in [0.05, 0.1) is 6.20 Å². The first-order chi connectivity index (χ1) is 14.5. The molecule has 3 amide bonds. The third-order valence-electron chi connectivity index (χ3n) is 4.69. The van der Waals surface area contributed by atoms with Crippen LogP contribution in [0.25, 0.3) is 11.7 Å². The Hall–Kier alpha value is -4.02. The maximum absolute atomic E-state index is 13.1. The van der Waals surface area contributed by atoms with Crippen molar-refractivity contribution in [1.82, 2.24) is 30.2 Å². The number of carbonyl (C=O) groups is 2. The minimum atomic E-state index is -0.574. The van der Waals surface area contributed by atoms with Gasteiger partial charge < -0.3 is 16.0 Å². The second-order valence-electron chi connectivity index (χ2n) is 7.07. The highest BCUT2D eigenvalue weighted by atomic mass is 19.1. The van der Waals surface area contributed by atoms with Crippen LogP contribution in [-0.2, 0) is 11.3 Å². The van der Waals surface area contributed by atoms with Crippen LogP contribution in [0.5, 0.6) is 0 Å². The number of urea groups is 1. The van der Waals surface area contributed by atoms with Gasteiger partial charge in [0.1, 0.15) is 11.5 Å². The fourth-order valence-corrected chi connectivity index (χ4v) is 3.00. The van der Waals surface area contributed by atoms with Crippen LogP contribution < -0.4 is 21.3 Å². The fraction of sp³-hybridized carbons (Fsp3) is 0.211. The number of rotatable bonds is 6. The SMILES string of the molecule is O=C1NC(=O)/C(=C/c2cnn3c(NC4CC4)nc(NCc4ccc(F)cc4)nc23)N1. The van der Waals surface area contributed by atoms with Gasteiger partial charge in [-0.05, 0) is 36.6 Å². The molecule has 0 unspecified atom stereocenters. The van der Waals surface area contributed by atoms with E-state index < -0.39 is 11.9 Å². The Morgan fingerprint density at radius 1 is 1.17 bits per heavy atom. The molecule has 2 aromatic heterocycles.